The van der Waals surface area contributed by atoms with Gasteiger partial charge in [0.05, 0.1) is 10.5 Å². The molecule has 0 spiro atoms. The molecule has 0 bridgehead atoms. The minimum atomic E-state index is -3.83. The number of hydrogen-bond donors (Lipinski definition) is 1. The third-order valence-corrected chi connectivity index (χ3v) is 6.22. The molecule has 1 aromatic rings. The zero-order valence-electron chi connectivity index (χ0n) is 11.0. The Hall–Kier alpha value is -1.51. The van der Waals surface area contributed by atoms with Crippen molar-refractivity contribution >= 4 is 20.2 Å². The van der Waals surface area contributed by atoms with E-state index in [0.717, 1.165) is 8.61 Å². The van der Waals surface area contributed by atoms with Crippen LogP contribution in [0.4, 0.5) is 0 Å². The summed E-state index contributed by atoms with van der Waals surface area (Å²) in [5, 5.41) is 14.0. The Balaban J connectivity index is 2.26. The van der Waals surface area contributed by atoms with Gasteiger partial charge in [-0.3, -0.25) is 0 Å². The van der Waals surface area contributed by atoms with Gasteiger partial charge in [0, 0.05) is 26.2 Å². The average molecular weight is 330 g/mol. The second kappa shape index (κ2) is 5.70. The minimum absolute atomic E-state index is 0.00146. The highest BCUT2D eigenvalue weighted by Gasteiger charge is 2.32. The molecule has 2 rings (SSSR count). The Kier molecular flexibility index (Phi) is 4.31. The van der Waals surface area contributed by atoms with Gasteiger partial charge in [0.1, 0.15) is 6.07 Å². The van der Waals surface area contributed by atoms with Crippen LogP contribution >= 0.6 is 0 Å². The molecule has 10 heteroatoms. The summed E-state index contributed by atoms with van der Waals surface area (Å²) in [5.41, 5.74) is 0.0615. The maximum absolute atomic E-state index is 12.5. The SMILES string of the molecule is N#Cc1ccccc1S(=O)(=O)N1CCN(S(N)(=O)=O)CC1. The van der Waals surface area contributed by atoms with Crippen molar-refractivity contribution < 1.29 is 16.8 Å². The predicted octanol–water partition coefficient (Wildman–Crippen LogP) is -0.932. The van der Waals surface area contributed by atoms with Gasteiger partial charge in [0.25, 0.3) is 10.2 Å². The molecule has 1 aliphatic rings. The van der Waals surface area contributed by atoms with Crippen LogP contribution in [-0.4, -0.2) is 51.6 Å². The largest absolute Gasteiger partial charge is 0.276 e. The molecule has 1 fully saturated rings. The third kappa shape index (κ3) is 3.22. The van der Waals surface area contributed by atoms with Gasteiger partial charge < -0.3 is 0 Å². The molecule has 8 nitrogen and oxygen atoms in total. The van der Waals surface area contributed by atoms with E-state index < -0.39 is 20.2 Å². The molecular formula is C11H14N4O4S2. The van der Waals surface area contributed by atoms with Gasteiger partial charge in [-0.2, -0.15) is 22.3 Å². The van der Waals surface area contributed by atoms with Crippen molar-refractivity contribution in [3.63, 3.8) is 0 Å². The molecular weight excluding hydrogens is 316 g/mol. The minimum Gasteiger partial charge on any atom is -0.216 e. The number of nitrogens with two attached hydrogens (primary N) is 1. The summed E-state index contributed by atoms with van der Waals surface area (Å²) in [6, 6.07) is 7.74. The molecule has 0 amide bonds. The van der Waals surface area contributed by atoms with Crippen LogP contribution in [0, 0.1) is 11.3 Å². The lowest BCUT2D eigenvalue weighted by Crippen LogP contribution is -2.52. The highest BCUT2D eigenvalue weighted by atomic mass is 32.2. The number of piperazine rings is 1. The molecule has 0 saturated carbocycles. The third-order valence-electron chi connectivity index (χ3n) is 3.18. The Labute approximate surface area is 123 Å². The molecule has 114 valence electrons. The van der Waals surface area contributed by atoms with Crippen LogP contribution < -0.4 is 5.14 Å². The van der Waals surface area contributed by atoms with Crippen LogP contribution in [0.1, 0.15) is 5.56 Å². The van der Waals surface area contributed by atoms with Gasteiger partial charge in [0.2, 0.25) is 10.0 Å². The van der Waals surface area contributed by atoms with Crippen LogP contribution in [-0.2, 0) is 20.2 Å². The van der Waals surface area contributed by atoms with Gasteiger partial charge in [-0.1, -0.05) is 12.1 Å². The lowest BCUT2D eigenvalue weighted by atomic mass is 10.2. The molecule has 21 heavy (non-hydrogen) atoms. The van der Waals surface area contributed by atoms with Gasteiger partial charge in [-0.15, -0.1) is 0 Å². The number of benzene rings is 1. The van der Waals surface area contributed by atoms with E-state index >= 15 is 0 Å². The summed E-state index contributed by atoms with van der Waals surface area (Å²) in [6.07, 6.45) is 0. The van der Waals surface area contributed by atoms with Crippen LogP contribution in [0.25, 0.3) is 0 Å². The van der Waals surface area contributed by atoms with Crippen molar-refractivity contribution in [2.45, 2.75) is 4.90 Å². The van der Waals surface area contributed by atoms with Crippen molar-refractivity contribution in [2.75, 3.05) is 26.2 Å². The molecule has 0 unspecified atom stereocenters. The summed E-state index contributed by atoms with van der Waals surface area (Å²) in [6.45, 7) is -0.0172. The fourth-order valence-electron chi connectivity index (χ4n) is 2.09. The van der Waals surface area contributed by atoms with Crippen molar-refractivity contribution in [3.05, 3.63) is 29.8 Å². The topological polar surface area (TPSA) is 125 Å². The second-order valence-electron chi connectivity index (χ2n) is 4.46. The van der Waals surface area contributed by atoms with Crippen molar-refractivity contribution in [1.82, 2.24) is 8.61 Å². The standard InChI is InChI=1S/C11H14N4O4S2/c12-9-10-3-1-2-4-11(10)20(16,17)14-5-7-15(8-6-14)21(13,18)19/h1-4H,5-8H2,(H2,13,18,19). The molecule has 0 aliphatic carbocycles. The van der Waals surface area contributed by atoms with E-state index in [4.69, 9.17) is 10.4 Å². The maximum Gasteiger partial charge on any atom is 0.276 e. The van der Waals surface area contributed by atoms with E-state index in [2.05, 4.69) is 0 Å². The van der Waals surface area contributed by atoms with Crippen molar-refractivity contribution in [2.24, 2.45) is 5.14 Å². The van der Waals surface area contributed by atoms with E-state index in [9.17, 15) is 16.8 Å². The molecule has 1 aliphatic heterocycles. The molecule has 1 saturated heterocycles. The number of hydrogen-bond acceptors (Lipinski definition) is 5. The summed E-state index contributed by atoms with van der Waals surface area (Å²) >= 11 is 0. The fraction of sp³-hybridized carbons (Fsp3) is 0.364. The Morgan fingerprint density at radius 3 is 2.05 bits per heavy atom. The maximum atomic E-state index is 12.5. The van der Waals surface area contributed by atoms with Gasteiger partial charge in [-0.25, -0.2) is 13.6 Å². The Morgan fingerprint density at radius 2 is 1.52 bits per heavy atom. The molecule has 0 atom stereocenters. The van der Waals surface area contributed by atoms with E-state index in [-0.39, 0.29) is 36.6 Å². The van der Waals surface area contributed by atoms with E-state index in [0.29, 0.717) is 0 Å². The molecule has 1 heterocycles. The van der Waals surface area contributed by atoms with Crippen LogP contribution in [0.5, 0.6) is 0 Å². The summed E-state index contributed by atoms with van der Waals surface area (Å²) < 4.78 is 49.6. The lowest BCUT2D eigenvalue weighted by molar-refractivity contribution is 0.273. The summed E-state index contributed by atoms with van der Waals surface area (Å²) in [7, 11) is -7.64. The summed E-state index contributed by atoms with van der Waals surface area (Å²) in [5.74, 6) is 0. The zero-order chi connectivity index (χ0) is 15.7. The highest BCUT2D eigenvalue weighted by Crippen LogP contribution is 2.21. The normalized spacial score (nSPS) is 18.3. The first-order valence-electron chi connectivity index (χ1n) is 6.04. The second-order valence-corrected chi connectivity index (χ2v) is 7.91. The monoisotopic (exact) mass is 330 g/mol. The van der Waals surface area contributed by atoms with Gasteiger partial charge in [-0.05, 0) is 12.1 Å². The van der Waals surface area contributed by atoms with Gasteiger partial charge >= 0.3 is 0 Å². The predicted molar refractivity (Wildman–Crippen MR) is 74.6 cm³/mol. The fourth-order valence-corrected chi connectivity index (χ4v) is 4.32. The average Bonchev–Trinajstić information content (AvgIpc) is 2.46. The Bertz CT molecular complexity index is 775. The highest BCUT2D eigenvalue weighted by molar-refractivity contribution is 7.89. The number of sulfonamides is 1. The quantitative estimate of drug-likeness (QED) is 0.766. The van der Waals surface area contributed by atoms with E-state index in [1.807, 2.05) is 6.07 Å². The molecule has 0 aromatic heterocycles. The molecule has 2 N–H and O–H groups in total. The molecule has 0 radical (unpaired) electrons. The first kappa shape index (κ1) is 15.9. The van der Waals surface area contributed by atoms with Crippen LogP contribution in [0.2, 0.25) is 0 Å². The van der Waals surface area contributed by atoms with E-state index in [1.165, 1.54) is 18.2 Å². The van der Waals surface area contributed by atoms with E-state index in [1.54, 1.807) is 6.07 Å². The number of rotatable bonds is 3. The van der Waals surface area contributed by atoms with Crippen LogP contribution in [0.15, 0.2) is 29.2 Å². The summed E-state index contributed by atoms with van der Waals surface area (Å²) in [4.78, 5) is -0.0726. The lowest BCUT2D eigenvalue weighted by Gasteiger charge is -2.32. The molecule has 1 aromatic carbocycles. The Morgan fingerprint density at radius 1 is 1.00 bits per heavy atom. The first-order chi connectivity index (χ1) is 9.76. The smallest absolute Gasteiger partial charge is 0.216 e. The zero-order valence-corrected chi connectivity index (χ0v) is 12.6. The van der Waals surface area contributed by atoms with Crippen molar-refractivity contribution in [1.29, 1.82) is 5.26 Å². The number of nitrogens with zero attached hydrogens (tertiary/aromatic N) is 3. The van der Waals surface area contributed by atoms with Crippen molar-refractivity contribution in [3.8, 4) is 6.07 Å². The van der Waals surface area contributed by atoms with Gasteiger partial charge in [0.15, 0.2) is 0 Å². The van der Waals surface area contributed by atoms with Crippen LogP contribution in [0.3, 0.4) is 0 Å². The number of nitriles is 1. The first-order valence-corrected chi connectivity index (χ1v) is 8.98.